The van der Waals surface area contributed by atoms with Crippen molar-refractivity contribution in [2.75, 3.05) is 5.75 Å². The number of carbonyl (C=O) groups excluding carboxylic acids is 1. The lowest BCUT2D eigenvalue weighted by Crippen LogP contribution is -2.20. The first-order valence-electron chi connectivity index (χ1n) is 4.24. The molecular formula is C8H10N2O3S. The minimum Gasteiger partial charge on any atom is -0.296 e. The van der Waals surface area contributed by atoms with Crippen molar-refractivity contribution < 1.29 is 13.2 Å². The highest BCUT2D eigenvalue weighted by Crippen LogP contribution is 2.22. The first-order valence-corrected chi connectivity index (χ1v) is 6.06. The molecule has 1 aliphatic rings. The second-order valence-electron chi connectivity index (χ2n) is 3.39. The lowest BCUT2D eigenvalue weighted by Gasteiger charge is -2.12. The molecule has 0 fully saturated rings. The summed E-state index contributed by atoms with van der Waals surface area (Å²) in [6, 6.07) is 0. The van der Waals surface area contributed by atoms with Crippen LogP contribution in [0.5, 0.6) is 0 Å². The quantitative estimate of drug-likeness (QED) is 0.602. The first-order chi connectivity index (χ1) is 6.53. The summed E-state index contributed by atoms with van der Waals surface area (Å²) in [5, 5.41) is 3.96. The van der Waals surface area contributed by atoms with E-state index >= 15 is 0 Å². The van der Waals surface area contributed by atoms with Gasteiger partial charge in [0, 0.05) is 12.6 Å². The van der Waals surface area contributed by atoms with Crippen molar-refractivity contribution in [1.29, 1.82) is 0 Å². The second kappa shape index (κ2) is 2.91. The monoisotopic (exact) mass is 214 g/mol. The predicted molar refractivity (Wildman–Crippen MR) is 49.8 cm³/mol. The molecule has 0 aliphatic carbocycles. The van der Waals surface area contributed by atoms with Crippen LogP contribution in [0.4, 0.5) is 0 Å². The molecule has 0 N–H and O–H groups in total. The number of aryl methyl sites for hydroxylation is 1. The largest absolute Gasteiger partial charge is 0.296 e. The van der Waals surface area contributed by atoms with Crippen LogP contribution in [0.15, 0.2) is 0 Å². The molecule has 0 atom stereocenters. The van der Waals surface area contributed by atoms with Crippen LogP contribution in [0, 0.1) is 0 Å². The maximum atomic E-state index is 11.3. The molecule has 1 aliphatic heterocycles. The molecule has 0 spiro atoms. The van der Waals surface area contributed by atoms with Crippen LogP contribution in [0.25, 0.3) is 0 Å². The molecular weight excluding hydrogens is 204 g/mol. The molecule has 0 amide bonds. The van der Waals surface area contributed by atoms with Crippen LogP contribution < -0.4 is 0 Å². The summed E-state index contributed by atoms with van der Waals surface area (Å²) in [6.45, 7) is 0. The Morgan fingerprint density at radius 3 is 2.86 bits per heavy atom. The van der Waals surface area contributed by atoms with Gasteiger partial charge in [-0.3, -0.25) is 9.48 Å². The van der Waals surface area contributed by atoms with E-state index in [1.807, 2.05) is 0 Å². The number of rotatable bonds is 1. The number of carbonyl (C=O) groups is 1. The van der Waals surface area contributed by atoms with Gasteiger partial charge < -0.3 is 0 Å². The first kappa shape index (κ1) is 9.39. The van der Waals surface area contributed by atoms with Gasteiger partial charge >= 0.3 is 0 Å². The number of nitrogens with zero attached hydrogens (tertiary/aromatic N) is 2. The topological polar surface area (TPSA) is 69.0 Å². The summed E-state index contributed by atoms with van der Waals surface area (Å²) < 4.78 is 24.1. The summed E-state index contributed by atoms with van der Waals surface area (Å²) >= 11 is 0. The van der Waals surface area contributed by atoms with E-state index in [1.54, 1.807) is 7.05 Å². The van der Waals surface area contributed by atoms with Crippen molar-refractivity contribution in [3.63, 3.8) is 0 Å². The van der Waals surface area contributed by atoms with E-state index in [-0.39, 0.29) is 11.5 Å². The number of fused-ring (bicyclic) bond motifs is 1. The summed E-state index contributed by atoms with van der Waals surface area (Å²) in [5.74, 6) is 0.117. The Hall–Kier alpha value is -1.17. The smallest absolute Gasteiger partial charge is 0.170 e. The molecule has 0 saturated heterocycles. The number of sulfone groups is 1. The fourth-order valence-electron chi connectivity index (χ4n) is 1.71. The molecule has 0 aromatic carbocycles. The molecule has 2 rings (SSSR count). The average molecular weight is 214 g/mol. The van der Waals surface area contributed by atoms with E-state index in [0.717, 1.165) is 5.56 Å². The van der Waals surface area contributed by atoms with Gasteiger partial charge in [-0.1, -0.05) is 0 Å². The molecule has 0 bridgehead atoms. The van der Waals surface area contributed by atoms with Crippen LogP contribution in [0.2, 0.25) is 0 Å². The third-order valence-corrected chi connectivity index (χ3v) is 3.98. The van der Waals surface area contributed by atoms with E-state index in [2.05, 4.69) is 5.10 Å². The zero-order chi connectivity index (χ0) is 10.3. The standard InChI is InChI=1S/C8H10N2O3S/c1-10-8-5-14(12,13)3-2-6(8)7(4-11)9-10/h4H,2-3,5H2,1H3. The van der Waals surface area contributed by atoms with Crippen molar-refractivity contribution in [2.24, 2.45) is 7.05 Å². The Kier molecular flexibility index (Phi) is 1.95. The van der Waals surface area contributed by atoms with Crippen molar-refractivity contribution in [2.45, 2.75) is 12.2 Å². The van der Waals surface area contributed by atoms with E-state index in [1.165, 1.54) is 4.68 Å². The average Bonchev–Trinajstić information content (AvgIpc) is 2.41. The van der Waals surface area contributed by atoms with Crippen LogP contribution in [-0.4, -0.2) is 30.2 Å². The Morgan fingerprint density at radius 1 is 1.50 bits per heavy atom. The Balaban J connectivity index is 2.58. The SMILES string of the molecule is Cn1nc(C=O)c2c1CS(=O)(=O)CC2. The lowest BCUT2D eigenvalue weighted by molar-refractivity contribution is 0.111. The molecule has 0 unspecified atom stereocenters. The molecule has 5 nitrogen and oxygen atoms in total. The molecule has 76 valence electrons. The van der Waals surface area contributed by atoms with Crippen LogP contribution in [0.3, 0.4) is 0 Å². The normalized spacial score (nSPS) is 18.9. The zero-order valence-electron chi connectivity index (χ0n) is 7.73. The number of hydrogen-bond donors (Lipinski definition) is 0. The lowest BCUT2D eigenvalue weighted by atomic mass is 10.1. The van der Waals surface area contributed by atoms with Gasteiger partial charge in [0.2, 0.25) is 0 Å². The van der Waals surface area contributed by atoms with Gasteiger partial charge in [0.25, 0.3) is 0 Å². The second-order valence-corrected chi connectivity index (χ2v) is 5.58. The van der Waals surface area contributed by atoms with Gasteiger partial charge in [0.1, 0.15) is 5.69 Å². The summed E-state index contributed by atoms with van der Waals surface area (Å²) in [6.07, 6.45) is 1.08. The van der Waals surface area contributed by atoms with Crippen LogP contribution >= 0.6 is 0 Å². The Morgan fingerprint density at radius 2 is 2.21 bits per heavy atom. The third kappa shape index (κ3) is 1.35. The molecule has 6 heteroatoms. The maximum Gasteiger partial charge on any atom is 0.170 e. The minimum absolute atomic E-state index is 0.000324. The number of hydrogen-bond acceptors (Lipinski definition) is 4. The van der Waals surface area contributed by atoms with Gasteiger partial charge in [-0.05, 0) is 6.42 Å². The molecule has 1 aromatic heterocycles. The van der Waals surface area contributed by atoms with E-state index in [4.69, 9.17) is 0 Å². The van der Waals surface area contributed by atoms with Gasteiger partial charge in [0.05, 0.1) is 17.2 Å². The predicted octanol–water partition coefficient (Wildman–Crippen LogP) is -0.296. The van der Waals surface area contributed by atoms with Crippen molar-refractivity contribution in [3.8, 4) is 0 Å². The Bertz CT molecular complexity index is 487. The van der Waals surface area contributed by atoms with Crippen molar-refractivity contribution >= 4 is 16.1 Å². The maximum absolute atomic E-state index is 11.3. The summed E-state index contributed by atoms with van der Waals surface area (Å²) in [5.41, 5.74) is 1.81. The molecule has 0 radical (unpaired) electrons. The summed E-state index contributed by atoms with van der Waals surface area (Å²) in [7, 11) is -1.33. The summed E-state index contributed by atoms with van der Waals surface area (Å²) in [4.78, 5) is 10.6. The van der Waals surface area contributed by atoms with Gasteiger partial charge in [-0.25, -0.2) is 8.42 Å². The van der Waals surface area contributed by atoms with E-state index < -0.39 is 9.84 Å². The third-order valence-electron chi connectivity index (χ3n) is 2.44. The van der Waals surface area contributed by atoms with Crippen LogP contribution in [-0.2, 0) is 29.1 Å². The minimum atomic E-state index is -2.99. The molecule has 14 heavy (non-hydrogen) atoms. The van der Waals surface area contributed by atoms with E-state index in [0.29, 0.717) is 24.1 Å². The van der Waals surface area contributed by atoms with Gasteiger partial charge in [-0.15, -0.1) is 0 Å². The zero-order valence-corrected chi connectivity index (χ0v) is 8.54. The highest BCUT2D eigenvalue weighted by atomic mass is 32.2. The Labute approximate surface area is 81.6 Å². The van der Waals surface area contributed by atoms with E-state index in [9.17, 15) is 13.2 Å². The van der Waals surface area contributed by atoms with Gasteiger partial charge in [0.15, 0.2) is 16.1 Å². The fourth-order valence-corrected chi connectivity index (χ4v) is 3.15. The van der Waals surface area contributed by atoms with Crippen molar-refractivity contribution in [3.05, 3.63) is 17.0 Å². The van der Waals surface area contributed by atoms with Crippen molar-refractivity contribution in [1.82, 2.24) is 9.78 Å². The molecule has 2 heterocycles. The van der Waals surface area contributed by atoms with Gasteiger partial charge in [-0.2, -0.15) is 5.10 Å². The highest BCUT2D eigenvalue weighted by molar-refractivity contribution is 7.90. The fraction of sp³-hybridized carbons (Fsp3) is 0.500. The molecule has 1 aromatic rings. The number of aldehydes is 1. The van der Waals surface area contributed by atoms with Crippen LogP contribution in [0.1, 0.15) is 21.7 Å². The highest BCUT2D eigenvalue weighted by Gasteiger charge is 2.27. The molecule has 0 saturated carbocycles. The number of aromatic nitrogens is 2.